The van der Waals surface area contributed by atoms with Crippen molar-refractivity contribution in [1.29, 1.82) is 0 Å². The molecule has 0 spiro atoms. The van der Waals surface area contributed by atoms with E-state index in [4.69, 9.17) is 0 Å². The molecule has 3 aliphatic rings. The number of aromatic nitrogens is 1. The molecule has 8 heteroatoms. The fourth-order valence-corrected chi connectivity index (χ4v) is 6.08. The molecule has 3 fully saturated rings. The van der Waals surface area contributed by atoms with E-state index in [2.05, 4.69) is 39.5 Å². The topological polar surface area (TPSA) is 103 Å². The Labute approximate surface area is 253 Å². The number of hydrogen-bond donors (Lipinski definition) is 2. The Morgan fingerprint density at radius 3 is 2.33 bits per heavy atom. The van der Waals surface area contributed by atoms with E-state index in [1.54, 1.807) is 23.4 Å². The normalized spacial score (nSPS) is 17.5. The maximum atomic E-state index is 13.5. The van der Waals surface area contributed by atoms with Gasteiger partial charge in [-0.15, -0.1) is 0 Å². The second-order valence-electron chi connectivity index (χ2n) is 12.2. The van der Waals surface area contributed by atoms with Gasteiger partial charge in [0, 0.05) is 43.9 Å². The number of carbonyl (C=O) groups excluding carboxylic acids is 2. The molecule has 1 aromatic heterocycles. The molecule has 1 aliphatic heterocycles. The van der Waals surface area contributed by atoms with Gasteiger partial charge in [-0.1, -0.05) is 43.2 Å². The number of carboxylic acids is 1. The standard InChI is InChI=1S/C35H40N4O4/c40-33(41)21-32(29-9-6-16-36-22-29)39(35(43)26-12-13-26)23-24-7-5-8-27(19-24)28-14-15-31(38-17-3-1-2-4-18-38)30(20-28)37-34(42)25-10-11-25/h5-9,14-16,19-20,22,25-26,32H,1-4,10-13,17-18,21,23H2,(H,37,42)(H,40,41). The van der Waals surface area contributed by atoms with Crippen molar-refractivity contribution in [1.82, 2.24) is 9.88 Å². The van der Waals surface area contributed by atoms with Crippen LogP contribution in [0.2, 0.25) is 0 Å². The van der Waals surface area contributed by atoms with Gasteiger partial charge < -0.3 is 20.2 Å². The Morgan fingerprint density at radius 2 is 1.65 bits per heavy atom. The fourth-order valence-electron chi connectivity index (χ4n) is 6.08. The number of aliphatic carboxylic acids is 1. The monoisotopic (exact) mass is 580 g/mol. The smallest absolute Gasteiger partial charge is 0.305 e. The highest BCUT2D eigenvalue weighted by molar-refractivity contribution is 5.98. The van der Waals surface area contributed by atoms with Crippen molar-refractivity contribution < 1.29 is 19.5 Å². The Hall–Kier alpha value is -4.20. The zero-order chi connectivity index (χ0) is 29.8. The number of anilines is 2. The zero-order valence-corrected chi connectivity index (χ0v) is 24.6. The summed E-state index contributed by atoms with van der Waals surface area (Å²) >= 11 is 0. The minimum atomic E-state index is -0.957. The second kappa shape index (κ2) is 13.0. The lowest BCUT2D eigenvalue weighted by atomic mass is 9.99. The summed E-state index contributed by atoms with van der Waals surface area (Å²) in [6, 6.07) is 17.4. The largest absolute Gasteiger partial charge is 0.481 e. The van der Waals surface area contributed by atoms with E-state index in [1.807, 2.05) is 24.3 Å². The van der Waals surface area contributed by atoms with Crippen LogP contribution in [-0.4, -0.2) is 45.9 Å². The third-order valence-electron chi connectivity index (χ3n) is 8.79. The molecule has 0 radical (unpaired) electrons. The SMILES string of the molecule is O=C(O)CC(c1cccnc1)N(Cc1cccc(-c2ccc(N3CCCCCC3)c(NC(=O)C3CC3)c2)c1)C(=O)C1CC1. The fraction of sp³-hybridized carbons (Fsp3) is 0.429. The van der Waals surface area contributed by atoms with Crippen LogP contribution in [0.3, 0.4) is 0 Å². The molecular weight excluding hydrogens is 540 g/mol. The van der Waals surface area contributed by atoms with E-state index >= 15 is 0 Å². The van der Waals surface area contributed by atoms with Crippen molar-refractivity contribution in [3.05, 3.63) is 78.1 Å². The van der Waals surface area contributed by atoms with Crippen LogP contribution < -0.4 is 10.2 Å². The number of nitrogens with one attached hydrogen (secondary N) is 1. The van der Waals surface area contributed by atoms with E-state index in [0.29, 0.717) is 6.54 Å². The molecule has 43 heavy (non-hydrogen) atoms. The Bertz CT molecular complexity index is 1460. The predicted octanol–water partition coefficient (Wildman–Crippen LogP) is 6.43. The molecule has 1 unspecified atom stereocenters. The summed E-state index contributed by atoms with van der Waals surface area (Å²) in [4.78, 5) is 46.7. The molecule has 1 saturated heterocycles. The highest BCUT2D eigenvalue weighted by atomic mass is 16.4. The molecule has 224 valence electrons. The Morgan fingerprint density at radius 1 is 0.907 bits per heavy atom. The highest BCUT2D eigenvalue weighted by Gasteiger charge is 2.37. The van der Waals surface area contributed by atoms with Gasteiger partial charge in [-0.3, -0.25) is 19.4 Å². The summed E-state index contributed by atoms with van der Waals surface area (Å²) in [6.07, 6.45) is 11.5. The van der Waals surface area contributed by atoms with Gasteiger partial charge in [0.1, 0.15) is 0 Å². The van der Waals surface area contributed by atoms with Gasteiger partial charge in [0.15, 0.2) is 0 Å². The van der Waals surface area contributed by atoms with E-state index in [1.165, 1.54) is 12.8 Å². The average Bonchev–Trinajstić information content (AvgIpc) is 3.91. The maximum Gasteiger partial charge on any atom is 0.305 e. The average molecular weight is 581 g/mol. The summed E-state index contributed by atoms with van der Waals surface area (Å²) in [5.41, 5.74) is 5.54. The van der Waals surface area contributed by atoms with Crippen LogP contribution in [0, 0.1) is 11.8 Å². The summed E-state index contributed by atoms with van der Waals surface area (Å²) in [7, 11) is 0. The lowest BCUT2D eigenvalue weighted by Gasteiger charge is -2.32. The van der Waals surface area contributed by atoms with Gasteiger partial charge >= 0.3 is 5.97 Å². The van der Waals surface area contributed by atoms with Crippen molar-refractivity contribution in [2.45, 2.75) is 70.4 Å². The summed E-state index contributed by atoms with van der Waals surface area (Å²) in [5, 5.41) is 13.0. The van der Waals surface area contributed by atoms with Crippen LogP contribution in [-0.2, 0) is 20.9 Å². The lowest BCUT2D eigenvalue weighted by Crippen LogP contribution is -2.36. The number of benzene rings is 2. The Kier molecular flexibility index (Phi) is 8.72. The first-order chi connectivity index (χ1) is 21.0. The third-order valence-corrected chi connectivity index (χ3v) is 8.79. The van der Waals surface area contributed by atoms with Crippen LogP contribution in [0.4, 0.5) is 11.4 Å². The molecule has 2 amide bonds. The molecule has 2 aliphatic carbocycles. The molecule has 6 rings (SSSR count). The predicted molar refractivity (Wildman–Crippen MR) is 166 cm³/mol. The second-order valence-corrected chi connectivity index (χ2v) is 12.2. The number of nitrogens with zero attached hydrogens (tertiary/aromatic N) is 3. The first kappa shape index (κ1) is 28.9. The van der Waals surface area contributed by atoms with Crippen LogP contribution in [0.5, 0.6) is 0 Å². The molecule has 8 nitrogen and oxygen atoms in total. The first-order valence-electron chi connectivity index (χ1n) is 15.7. The molecule has 2 aromatic carbocycles. The maximum absolute atomic E-state index is 13.5. The van der Waals surface area contributed by atoms with Gasteiger partial charge in [-0.05, 0) is 85.0 Å². The van der Waals surface area contributed by atoms with E-state index in [-0.39, 0.29) is 30.1 Å². The molecule has 2 N–H and O–H groups in total. The van der Waals surface area contributed by atoms with Crippen molar-refractivity contribution in [3.8, 4) is 11.1 Å². The molecule has 0 bridgehead atoms. The van der Waals surface area contributed by atoms with E-state index < -0.39 is 12.0 Å². The number of rotatable bonds is 11. The molecular formula is C35H40N4O4. The van der Waals surface area contributed by atoms with Gasteiger partial charge in [-0.2, -0.15) is 0 Å². The van der Waals surface area contributed by atoms with E-state index in [0.717, 1.165) is 85.2 Å². The molecule has 3 aromatic rings. The van der Waals surface area contributed by atoms with Crippen LogP contribution in [0.15, 0.2) is 67.0 Å². The van der Waals surface area contributed by atoms with Gasteiger partial charge in [0.25, 0.3) is 0 Å². The van der Waals surface area contributed by atoms with Crippen LogP contribution in [0.25, 0.3) is 11.1 Å². The van der Waals surface area contributed by atoms with Crippen molar-refractivity contribution in [2.75, 3.05) is 23.3 Å². The molecule has 1 atom stereocenters. The van der Waals surface area contributed by atoms with Crippen LogP contribution in [0.1, 0.15) is 75.0 Å². The van der Waals surface area contributed by atoms with Gasteiger partial charge in [-0.25, -0.2) is 0 Å². The summed E-state index contributed by atoms with van der Waals surface area (Å²) in [5.74, 6) is -0.817. The quantitative estimate of drug-likeness (QED) is 0.271. The number of pyridine rings is 1. The third kappa shape index (κ3) is 7.24. The number of carbonyl (C=O) groups is 3. The minimum Gasteiger partial charge on any atom is -0.481 e. The highest BCUT2D eigenvalue weighted by Crippen LogP contribution is 2.38. The lowest BCUT2D eigenvalue weighted by molar-refractivity contribution is -0.142. The summed E-state index contributed by atoms with van der Waals surface area (Å²) in [6.45, 7) is 2.27. The number of carboxylic acid groups (broad SMARTS) is 1. The number of hydrogen-bond acceptors (Lipinski definition) is 5. The van der Waals surface area contributed by atoms with Crippen molar-refractivity contribution in [3.63, 3.8) is 0 Å². The first-order valence-corrected chi connectivity index (χ1v) is 15.7. The zero-order valence-electron chi connectivity index (χ0n) is 24.6. The number of amides is 2. The van der Waals surface area contributed by atoms with Crippen LogP contribution >= 0.6 is 0 Å². The Balaban J connectivity index is 1.30. The van der Waals surface area contributed by atoms with E-state index in [9.17, 15) is 19.5 Å². The van der Waals surface area contributed by atoms with Crippen molar-refractivity contribution >= 4 is 29.2 Å². The summed E-state index contributed by atoms with van der Waals surface area (Å²) < 4.78 is 0. The van der Waals surface area contributed by atoms with Gasteiger partial charge in [0.05, 0.1) is 23.8 Å². The molecule has 2 heterocycles. The van der Waals surface area contributed by atoms with Crippen molar-refractivity contribution in [2.24, 2.45) is 11.8 Å². The minimum absolute atomic E-state index is 0.00705. The molecule has 2 saturated carbocycles. The van der Waals surface area contributed by atoms with Gasteiger partial charge in [0.2, 0.25) is 11.8 Å².